The van der Waals surface area contributed by atoms with Crippen LogP contribution >= 0.6 is 0 Å². The lowest BCUT2D eigenvalue weighted by atomic mass is 10.1. The second-order valence-corrected chi connectivity index (χ2v) is 5.36. The van der Waals surface area contributed by atoms with Crippen molar-refractivity contribution in [1.82, 2.24) is 15.3 Å². The van der Waals surface area contributed by atoms with Crippen LogP contribution in [0.25, 0.3) is 0 Å². The molecule has 1 aliphatic heterocycles. The van der Waals surface area contributed by atoms with E-state index in [1.165, 1.54) is 31.2 Å². The molecule has 3 rings (SSSR count). The molecule has 0 amide bonds. The van der Waals surface area contributed by atoms with Crippen molar-refractivity contribution in [2.45, 2.75) is 44.6 Å². The number of ether oxygens (including phenoxy) is 1. The van der Waals surface area contributed by atoms with Gasteiger partial charge in [-0.25, -0.2) is 0 Å². The summed E-state index contributed by atoms with van der Waals surface area (Å²) in [4.78, 5) is 9.05. The average Bonchev–Trinajstić information content (AvgIpc) is 2.81. The highest BCUT2D eigenvalue weighted by Crippen LogP contribution is 2.27. The maximum Gasteiger partial charge on any atom is 0.318 e. The van der Waals surface area contributed by atoms with E-state index in [-0.39, 0.29) is 0 Å². The molecule has 1 fully saturated rings. The van der Waals surface area contributed by atoms with Crippen molar-refractivity contribution in [3.8, 4) is 6.01 Å². The number of nitrogens with one attached hydrogen (secondary N) is 2. The van der Waals surface area contributed by atoms with Crippen molar-refractivity contribution in [2.75, 3.05) is 25.5 Å². The van der Waals surface area contributed by atoms with Gasteiger partial charge in [-0.3, -0.25) is 0 Å². The molecule has 0 saturated heterocycles. The fourth-order valence-corrected chi connectivity index (χ4v) is 3.00. The maximum absolute atomic E-state index is 5.24. The summed E-state index contributed by atoms with van der Waals surface area (Å²) in [5.41, 5.74) is 2.41. The normalized spacial score (nSPS) is 19.8. The highest BCUT2D eigenvalue weighted by Gasteiger charge is 2.21. The number of anilines is 1. The third-order valence-electron chi connectivity index (χ3n) is 4.04. The quantitative estimate of drug-likeness (QED) is 0.865. The van der Waals surface area contributed by atoms with Crippen LogP contribution in [-0.4, -0.2) is 36.2 Å². The molecule has 1 aliphatic carbocycles. The molecular weight excluding hydrogens is 240 g/mol. The van der Waals surface area contributed by atoms with Crippen LogP contribution in [0.3, 0.4) is 0 Å². The standard InChI is InChI=1S/C14H22N4O/c1-19-14-17-12-7-9-15-8-6-11(12)13(18-14)16-10-4-2-3-5-10/h10,15H,2-9H2,1H3,(H,16,17,18). The maximum atomic E-state index is 5.24. The minimum Gasteiger partial charge on any atom is -0.467 e. The molecule has 2 aliphatic rings. The van der Waals surface area contributed by atoms with Crippen molar-refractivity contribution in [2.24, 2.45) is 0 Å². The van der Waals surface area contributed by atoms with Gasteiger partial charge in [-0.2, -0.15) is 9.97 Å². The first-order valence-corrected chi connectivity index (χ1v) is 7.28. The minimum absolute atomic E-state index is 0.487. The minimum atomic E-state index is 0.487. The first-order chi connectivity index (χ1) is 9.36. The zero-order chi connectivity index (χ0) is 13.1. The molecule has 0 radical (unpaired) electrons. The van der Waals surface area contributed by atoms with Gasteiger partial charge in [0.2, 0.25) is 0 Å². The van der Waals surface area contributed by atoms with Crippen molar-refractivity contribution in [1.29, 1.82) is 0 Å². The third kappa shape index (κ3) is 2.81. The van der Waals surface area contributed by atoms with E-state index in [1.54, 1.807) is 7.11 Å². The van der Waals surface area contributed by atoms with Crippen LogP contribution in [0.4, 0.5) is 5.82 Å². The van der Waals surface area contributed by atoms with Gasteiger partial charge < -0.3 is 15.4 Å². The molecular formula is C14H22N4O. The van der Waals surface area contributed by atoms with Crippen LogP contribution in [0.5, 0.6) is 6.01 Å². The smallest absolute Gasteiger partial charge is 0.318 e. The van der Waals surface area contributed by atoms with Crippen LogP contribution in [0, 0.1) is 0 Å². The van der Waals surface area contributed by atoms with Gasteiger partial charge in [0.05, 0.1) is 12.8 Å². The van der Waals surface area contributed by atoms with Crippen molar-refractivity contribution in [3.05, 3.63) is 11.3 Å². The van der Waals surface area contributed by atoms with Crippen molar-refractivity contribution in [3.63, 3.8) is 0 Å². The molecule has 0 atom stereocenters. The largest absolute Gasteiger partial charge is 0.467 e. The first-order valence-electron chi connectivity index (χ1n) is 7.28. The zero-order valence-corrected chi connectivity index (χ0v) is 11.5. The number of hydrogen-bond donors (Lipinski definition) is 2. The highest BCUT2D eigenvalue weighted by molar-refractivity contribution is 5.49. The Morgan fingerprint density at radius 2 is 1.95 bits per heavy atom. The van der Waals surface area contributed by atoms with E-state index in [4.69, 9.17) is 4.74 Å². The van der Waals surface area contributed by atoms with Crippen molar-refractivity contribution >= 4 is 5.82 Å². The molecule has 104 valence electrons. The van der Waals surface area contributed by atoms with Gasteiger partial charge in [0.25, 0.3) is 0 Å². The number of methoxy groups -OCH3 is 1. The van der Waals surface area contributed by atoms with Gasteiger partial charge in [-0.05, 0) is 25.8 Å². The molecule has 5 heteroatoms. The van der Waals surface area contributed by atoms with E-state index < -0.39 is 0 Å². The molecule has 0 aromatic carbocycles. The van der Waals surface area contributed by atoms with Gasteiger partial charge in [0.1, 0.15) is 5.82 Å². The molecule has 5 nitrogen and oxygen atoms in total. The van der Waals surface area contributed by atoms with E-state index in [0.29, 0.717) is 12.1 Å². The molecule has 1 aromatic heterocycles. The van der Waals surface area contributed by atoms with E-state index in [0.717, 1.165) is 37.4 Å². The van der Waals surface area contributed by atoms with Crippen LogP contribution in [0.1, 0.15) is 36.9 Å². The Kier molecular flexibility index (Phi) is 3.82. The lowest BCUT2D eigenvalue weighted by Crippen LogP contribution is -2.19. The summed E-state index contributed by atoms with van der Waals surface area (Å²) in [5, 5.41) is 7.03. The second-order valence-electron chi connectivity index (χ2n) is 5.36. The first kappa shape index (κ1) is 12.7. The SMILES string of the molecule is COc1nc2c(c(NC3CCCC3)n1)CCNCC2. The Balaban J connectivity index is 1.90. The predicted molar refractivity (Wildman–Crippen MR) is 74.7 cm³/mol. The summed E-state index contributed by atoms with van der Waals surface area (Å²) in [6.07, 6.45) is 7.09. The molecule has 1 aromatic rings. The van der Waals surface area contributed by atoms with E-state index >= 15 is 0 Å². The van der Waals surface area contributed by atoms with Gasteiger partial charge in [-0.15, -0.1) is 0 Å². The molecule has 2 N–H and O–H groups in total. The number of rotatable bonds is 3. The highest BCUT2D eigenvalue weighted by atomic mass is 16.5. The Bertz CT molecular complexity index is 443. The summed E-state index contributed by atoms with van der Waals surface area (Å²) in [6, 6.07) is 1.06. The molecule has 2 heterocycles. The van der Waals surface area contributed by atoms with Crippen molar-refractivity contribution < 1.29 is 4.74 Å². The van der Waals surface area contributed by atoms with Crippen LogP contribution in [0.15, 0.2) is 0 Å². The lowest BCUT2D eigenvalue weighted by molar-refractivity contribution is 0.378. The molecule has 19 heavy (non-hydrogen) atoms. The molecule has 0 spiro atoms. The topological polar surface area (TPSA) is 59.1 Å². The lowest BCUT2D eigenvalue weighted by Gasteiger charge is -2.17. The zero-order valence-electron chi connectivity index (χ0n) is 11.5. The summed E-state index contributed by atoms with van der Waals surface area (Å²) >= 11 is 0. The number of hydrogen-bond acceptors (Lipinski definition) is 5. The summed E-state index contributed by atoms with van der Waals surface area (Å²) in [5.74, 6) is 0.998. The second kappa shape index (κ2) is 5.74. The molecule has 0 unspecified atom stereocenters. The number of aromatic nitrogens is 2. The monoisotopic (exact) mass is 262 g/mol. The van der Waals surface area contributed by atoms with Gasteiger partial charge in [0, 0.05) is 24.6 Å². The Morgan fingerprint density at radius 1 is 1.16 bits per heavy atom. The third-order valence-corrected chi connectivity index (χ3v) is 4.04. The number of nitrogens with zero attached hydrogens (tertiary/aromatic N) is 2. The molecule has 1 saturated carbocycles. The Morgan fingerprint density at radius 3 is 2.74 bits per heavy atom. The average molecular weight is 262 g/mol. The van der Waals surface area contributed by atoms with Gasteiger partial charge >= 0.3 is 6.01 Å². The summed E-state index contributed by atoms with van der Waals surface area (Å²) in [7, 11) is 1.63. The Hall–Kier alpha value is -1.36. The summed E-state index contributed by atoms with van der Waals surface area (Å²) in [6.45, 7) is 1.98. The predicted octanol–water partition coefficient (Wildman–Crippen LogP) is 1.53. The fourth-order valence-electron chi connectivity index (χ4n) is 3.00. The van der Waals surface area contributed by atoms with Crippen LogP contribution in [0.2, 0.25) is 0 Å². The van der Waals surface area contributed by atoms with E-state index in [9.17, 15) is 0 Å². The van der Waals surface area contributed by atoms with Crippen LogP contribution < -0.4 is 15.4 Å². The van der Waals surface area contributed by atoms with Gasteiger partial charge in [0.15, 0.2) is 0 Å². The van der Waals surface area contributed by atoms with Gasteiger partial charge in [-0.1, -0.05) is 12.8 Å². The fraction of sp³-hybridized carbons (Fsp3) is 0.714. The van der Waals surface area contributed by atoms with E-state index in [1.807, 2.05) is 0 Å². The molecule has 0 bridgehead atoms. The van der Waals surface area contributed by atoms with E-state index in [2.05, 4.69) is 20.6 Å². The van der Waals surface area contributed by atoms with Crippen LogP contribution in [-0.2, 0) is 12.8 Å². The summed E-state index contributed by atoms with van der Waals surface area (Å²) < 4.78 is 5.24. The number of fused-ring (bicyclic) bond motifs is 1. The Labute approximate surface area is 114 Å².